The monoisotopic (exact) mass is 249 g/mol. The van der Waals surface area contributed by atoms with Gasteiger partial charge in [0.15, 0.2) is 6.61 Å². The molecule has 1 unspecified atom stereocenters. The largest absolute Gasteiger partial charge is 0.482 e. The Morgan fingerprint density at radius 1 is 1.61 bits per heavy atom. The normalized spacial score (nSPS) is 15.3. The second-order valence-corrected chi connectivity index (χ2v) is 4.17. The molecule has 0 radical (unpaired) electrons. The Bertz CT molecular complexity index is 487. The topological polar surface area (TPSA) is 93.4 Å². The molecule has 0 bridgehead atoms. The van der Waals surface area contributed by atoms with E-state index in [-0.39, 0.29) is 12.5 Å². The number of hydrogen-bond acceptors (Lipinski definition) is 4. The lowest BCUT2D eigenvalue weighted by Crippen LogP contribution is -2.38. The van der Waals surface area contributed by atoms with Crippen molar-refractivity contribution in [3.05, 3.63) is 23.8 Å². The van der Waals surface area contributed by atoms with Gasteiger partial charge < -0.3 is 21.1 Å². The Hall–Kier alpha value is -2.08. The first kappa shape index (κ1) is 12.4. The van der Waals surface area contributed by atoms with Crippen LogP contribution in [0.2, 0.25) is 0 Å². The first-order valence-electron chi connectivity index (χ1n) is 5.64. The number of amides is 2. The van der Waals surface area contributed by atoms with Crippen molar-refractivity contribution in [2.75, 3.05) is 11.9 Å². The number of benzene rings is 1. The summed E-state index contributed by atoms with van der Waals surface area (Å²) in [6, 6.07) is 5.08. The summed E-state index contributed by atoms with van der Waals surface area (Å²) >= 11 is 0. The fourth-order valence-corrected chi connectivity index (χ4v) is 1.61. The predicted octanol–water partition coefficient (Wildman–Crippen LogP) is -0.0191. The molecule has 0 saturated carbocycles. The van der Waals surface area contributed by atoms with Gasteiger partial charge in [-0.25, -0.2) is 0 Å². The fourth-order valence-electron chi connectivity index (χ4n) is 1.61. The lowest BCUT2D eigenvalue weighted by Gasteiger charge is -2.19. The van der Waals surface area contributed by atoms with E-state index in [1.54, 1.807) is 13.0 Å². The average Bonchev–Trinajstić information content (AvgIpc) is 2.35. The van der Waals surface area contributed by atoms with Gasteiger partial charge in [-0.15, -0.1) is 0 Å². The molecule has 0 fully saturated rings. The third-order valence-electron chi connectivity index (χ3n) is 2.72. The molecule has 0 saturated heterocycles. The van der Waals surface area contributed by atoms with E-state index >= 15 is 0 Å². The van der Waals surface area contributed by atoms with Crippen molar-refractivity contribution in [3.63, 3.8) is 0 Å². The van der Waals surface area contributed by atoms with Crippen molar-refractivity contribution in [3.8, 4) is 5.75 Å². The van der Waals surface area contributed by atoms with Crippen LogP contribution in [0.1, 0.15) is 12.5 Å². The Balaban J connectivity index is 2.04. The van der Waals surface area contributed by atoms with Crippen LogP contribution in [0, 0.1) is 0 Å². The van der Waals surface area contributed by atoms with Crippen molar-refractivity contribution < 1.29 is 14.3 Å². The zero-order valence-electron chi connectivity index (χ0n) is 10.0. The van der Waals surface area contributed by atoms with Crippen LogP contribution in [0.25, 0.3) is 0 Å². The first-order valence-corrected chi connectivity index (χ1v) is 5.64. The molecule has 1 aromatic carbocycles. The first-order chi connectivity index (χ1) is 8.56. The maximum atomic E-state index is 11.2. The van der Waals surface area contributed by atoms with E-state index in [9.17, 15) is 9.59 Å². The van der Waals surface area contributed by atoms with Crippen molar-refractivity contribution in [1.82, 2.24) is 5.32 Å². The lowest BCUT2D eigenvalue weighted by atomic mass is 10.1. The molecular weight excluding hydrogens is 234 g/mol. The highest BCUT2D eigenvalue weighted by Gasteiger charge is 2.16. The summed E-state index contributed by atoms with van der Waals surface area (Å²) in [4.78, 5) is 22.1. The number of nitrogens with one attached hydrogen (secondary N) is 2. The molecule has 1 aromatic rings. The Morgan fingerprint density at radius 2 is 2.39 bits per heavy atom. The van der Waals surface area contributed by atoms with Gasteiger partial charge in [-0.3, -0.25) is 9.59 Å². The van der Waals surface area contributed by atoms with Gasteiger partial charge in [-0.1, -0.05) is 6.07 Å². The molecule has 1 atom stereocenters. The van der Waals surface area contributed by atoms with Crippen molar-refractivity contribution >= 4 is 17.5 Å². The van der Waals surface area contributed by atoms with Crippen molar-refractivity contribution in [2.24, 2.45) is 5.73 Å². The molecule has 0 aliphatic carbocycles. The van der Waals surface area contributed by atoms with Gasteiger partial charge in [-0.2, -0.15) is 0 Å². The summed E-state index contributed by atoms with van der Waals surface area (Å²) < 4.78 is 5.25. The highest BCUT2D eigenvalue weighted by atomic mass is 16.5. The van der Waals surface area contributed by atoms with Crippen LogP contribution < -0.4 is 21.1 Å². The summed E-state index contributed by atoms with van der Waals surface area (Å²) in [5.74, 6) is 0.0870. The zero-order chi connectivity index (χ0) is 13.1. The van der Waals surface area contributed by atoms with E-state index in [4.69, 9.17) is 10.5 Å². The Kier molecular flexibility index (Phi) is 3.47. The van der Waals surface area contributed by atoms with Crippen LogP contribution in [0.3, 0.4) is 0 Å². The third-order valence-corrected chi connectivity index (χ3v) is 2.72. The van der Waals surface area contributed by atoms with E-state index in [1.807, 2.05) is 12.1 Å². The van der Waals surface area contributed by atoms with E-state index < -0.39 is 11.9 Å². The van der Waals surface area contributed by atoms with E-state index in [0.717, 1.165) is 5.56 Å². The number of ether oxygens (including phenoxy) is 1. The fraction of sp³-hybridized carbons (Fsp3) is 0.333. The Morgan fingerprint density at radius 3 is 3.11 bits per heavy atom. The summed E-state index contributed by atoms with van der Waals surface area (Å²) in [5.41, 5.74) is 6.74. The molecule has 2 rings (SSSR count). The summed E-state index contributed by atoms with van der Waals surface area (Å²) in [7, 11) is 0. The number of hydrogen-bond donors (Lipinski definition) is 3. The summed E-state index contributed by atoms with van der Waals surface area (Å²) in [6.07, 6.45) is 0. The van der Waals surface area contributed by atoms with Crippen LogP contribution >= 0.6 is 0 Å². The summed E-state index contributed by atoms with van der Waals surface area (Å²) in [6.45, 7) is 2.24. The van der Waals surface area contributed by atoms with E-state index in [0.29, 0.717) is 18.0 Å². The van der Waals surface area contributed by atoms with Crippen molar-refractivity contribution in [2.45, 2.75) is 19.5 Å². The molecular formula is C12H15N3O3. The molecule has 1 aliphatic heterocycles. The van der Waals surface area contributed by atoms with Crippen LogP contribution in [0.15, 0.2) is 18.2 Å². The molecule has 6 nitrogen and oxygen atoms in total. The molecule has 1 aliphatic rings. The van der Waals surface area contributed by atoms with Crippen LogP contribution in [0.5, 0.6) is 5.75 Å². The van der Waals surface area contributed by atoms with Crippen LogP contribution in [-0.2, 0) is 16.1 Å². The number of nitrogens with two attached hydrogens (primary N) is 1. The van der Waals surface area contributed by atoms with Crippen molar-refractivity contribution in [1.29, 1.82) is 0 Å². The van der Waals surface area contributed by atoms with E-state index in [1.165, 1.54) is 0 Å². The van der Waals surface area contributed by atoms with Gasteiger partial charge in [0.05, 0.1) is 11.7 Å². The van der Waals surface area contributed by atoms with E-state index in [2.05, 4.69) is 10.6 Å². The quantitative estimate of drug-likeness (QED) is 0.699. The maximum absolute atomic E-state index is 11.2. The third kappa shape index (κ3) is 2.78. The molecule has 0 aromatic heterocycles. The minimum atomic E-state index is -0.399. The highest BCUT2D eigenvalue weighted by Crippen LogP contribution is 2.28. The second-order valence-electron chi connectivity index (χ2n) is 4.17. The average molecular weight is 249 g/mol. The highest BCUT2D eigenvalue weighted by molar-refractivity contribution is 5.95. The number of carbonyl (C=O) groups excluding carboxylic acids is 2. The number of fused-ring (bicyclic) bond motifs is 1. The molecule has 96 valence electrons. The minimum absolute atomic E-state index is 0.0449. The molecule has 0 spiro atoms. The number of primary amides is 1. The lowest BCUT2D eigenvalue weighted by molar-refractivity contribution is -0.120. The van der Waals surface area contributed by atoms with Crippen LogP contribution in [0.4, 0.5) is 5.69 Å². The van der Waals surface area contributed by atoms with Gasteiger partial charge in [0.25, 0.3) is 5.91 Å². The predicted molar refractivity (Wildman–Crippen MR) is 66.1 cm³/mol. The molecule has 2 amide bonds. The SMILES string of the molecule is CC(NCc1ccc2c(c1)NC(=O)CO2)C(N)=O. The van der Waals surface area contributed by atoms with Crippen LogP contribution in [-0.4, -0.2) is 24.5 Å². The number of anilines is 1. The van der Waals surface area contributed by atoms with Gasteiger partial charge >= 0.3 is 0 Å². The second kappa shape index (κ2) is 5.05. The molecule has 18 heavy (non-hydrogen) atoms. The van der Waals surface area contributed by atoms with Gasteiger partial charge in [0, 0.05) is 6.54 Å². The molecule has 4 N–H and O–H groups in total. The number of carbonyl (C=O) groups is 2. The summed E-state index contributed by atoms with van der Waals surface area (Å²) in [5, 5.41) is 5.72. The standard InChI is InChI=1S/C12H15N3O3/c1-7(12(13)17)14-5-8-2-3-10-9(4-8)15-11(16)6-18-10/h2-4,7,14H,5-6H2,1H3,(H2,13,17)(H,15,16). The molecule has 6 heteroatoms. The van der Waals surface area contributed by atoms with Gasteiger partial charge in [-0.05, 0) is 24.6 Å². The number of rotatable bonds is 4. The smallest absolute Gasteiger partial charge is 0.262 e. The van der Waals surface area contributed by atoms with Gasteiger partial charge in [0.2, 0.25) is 5.91 Å². The Labute approximate surface area is 104 Å². The minimum Gasteiger partial charge on any atom is -0.482 e. The zero-order valence-corrected chi connectivity index (χ0v) is 10.0. The van der Waals surface area contributed by atoms with Gasteiger partial charge in [0.1, 0.15) is 5.75 Å². The molecule has 1 heterocycles. The maximum Gasteiger partial charge on any atom is 0.262 e.